The van der Waals surface area contributed by atoms with Crippen molar-refractivity contribution in [3.8, 4) is 0 Å². The molecule has 0 aliphatic heterocycles. The van der Waals surface area contributed by atoms with E-state index in [1.54, 1.807) is 6.20 Å². The van der Waals surface area contributed by atoms with Gasteiger partial charge in [-0.05, 0) is 32.4 Å². The highest BCUT2D eigenvalue weighted by Gasteiger charge is 2.05. The Morgan fingerprint density at radius 2 is 2.23 bits per heavy atom. The van der Waals surface area contributed by atoms with Gasteiger partial charge in [-0.3, -0.25) is 4.98 Å². The van der Waals surface area contributed by atoms with Crippen molar-refractivity contribution in [3.63, 3.8) is 0 Å². The predicted molar refractivity (Wildman–Crippen MR) is 55.3 cm³/mol. The van der Waals surface area contributed by atoms with Crippen molar-refractivity contribution in [2.24, 2.45) is 5.73 Å². The lowest BCUT2D eigenvalue weighted by molar-refractivity contribution is 0.840. The standard InChI is InChI=1S/C11H16N2/c1-8(2)7-10(12)11-9(3)5-4-6-13-11/h4-7,10H,12H2,1-3H3. The maximum atomic E-state index is 5.96. The number of nitrogens with two attached hydrogens (primary N) is 1. The van der Waals surface area contributed by atoms with Crippen molar-refractivity contribution in [2.45, 2.75) is 26.8 Å². The summed E-state index contributed by atoms with van der Waals surface area (Å²) in [5.74, 6) is 0. The molecule has 0 spiro atoms. The van der Waals surface area contributed by atoms with Crippen LogP contribution in [0.25, 0.3) is 0 Å². The second-order valence-corrected chi connectivity index (χ2v) is 3.48. The fraction of sp³-hybridized carbons (Fsp3) is 0.364. The number of allylic oxidation sites excluding steroid dienone is 1. The van der Waals surface area contributed by atoms with E-state index in [1.165, 1.54) is 5.57 Å². The van der Waals surface area contributed by atoms with Gasteiger partial charge in [0.05, 0.1) is 11.7 Å². The maximum Gasteiger partial charge on any atom is 0.0661 e. The van der Waals surface area contributed by atoms with Crippen LogP contribution in [0.1, 0.15) is 31.1 Å². The number of aromatic nitrogens is 1. The minimum absolute atomic E-state index is 0.0776. The molecule has 0 saturated heterocycles. The summed E-state index contributed by atoms with van der Waals surface area (Å²) in [4.78, 5) is 4.26. The number of rotatable bonds is 2. The number of pyridine rings is 1. The molecule has 1 rings (SSSR count). The van der Waals surface area contributed by atoms with Gasteiger partial charge in [-0.1, -0.05) is 17.7 Å². The largest absolute Gasteiger partial charge is 0.319 e. The third-order valence-corrected chi connectivity index (χ3v) is 1.88. The van der Waals surface area contributed by atoms with Crippen LogP contribution in [0.15, 0.2) is 30.0 Å². The van der Waals surface area contributed by atoms with Gasteiger partial charge in [0.2, 0.25) is 0 Å². The summed E-state index contributed by atoms with van der Waals surface area (Å²) >= 11 is 0. The van der Waals surface area contributed by atoms with Crippen LogP contribution in [-0.4, -0.2) is 4.98 Å². The van der Waals surface area contributed by atoms with Crippen molar-refractivity contribution in [3.05, 3.63) is 41.2 Å². The predicted octanol–water partition coefficient (Wildman–Crippen LogP) is 2.36. The first-order valence-corrected chi connectivity index (χ1v) is 4.43. The molecule has 0 aliphatic carbocycles. The Hall–Kier alpha value is -1.15. The number of hydrogen-bond donors (Lipinski definition) is 1. The number of hydrogen-bond acceptors (Lipinski definition) is 2. The van der Waals surface area contributed by atoms with Gasteiger partial charge in [0.15, 0.2) is 0 Å². The third kappa shape index (κ3) is 2.67. The van der Waals surface area contributed by atoms with Gasteiger partial charge in [-0.25, -0.2) is 0 Å². The summed E-state index contributed by atoms with van der Waals surface area (Å²) < 4.78 is 0. The zero-order valence-electron chi connectivity index (χ0n) is 8.41. The van der Waals surface area contributed by atoms with Crippen LogP contribution in [0, 0.1) is 6.92 Å². The fourth-order valence-corrected chi connectivity index (χ4v) is 1.28. The second-order valence-electron chi connectivity index (χ2n) is 3.48. The minimum atomic E-state index is -0.0776. The molecular weight excluding hydrogens is 160 g/mol. The average Bonchev–Trinajstić information content (AvgIpc) is 2.03. The Morgan fingerprint density at radius 1 is 1.54 bits per heavy atom. The van der Waals surface area contributed by atoms with E-state index in [1.807, 2.05) is 39.0 Å². The summed E-state index contributed by atoms with van der Waals surface area (Å²) in [6.07, 6.45) is 3.80. The first-order valence-electron chi connectivity index (χ1n) is 4.43. The van der Waals surface area contributed by atoms with E-state index in [-0.39, 0.29) is 6.04 Å². The van der Waals surface area contributed by atoms with E-state index in [2.05, 4.69) is 4.98 Å². The number of nitrogens with zero attached hydrogens (tertiary/aromatic N) is 1. The van der Waals surface area contributed by atoms with Crippen LogP contribution < -0.4 is 5.73 Å². The van der Waals surface area contributed by atoms with Crippen molar-refractivity contribution in [1.82, 2.24) is 4.98 Å². The van der Waals surface area contributed by atoms with E-state index in [9.17, 15) is 0 Å². The molecule has 2 N–H and O–H groups in total. The topological polar surface area (TPSA) is 38.9 Å². The summed E-state index contributed by atoms with van der Waals surface area (Å²) in [6, 6.07) is 3.88. The maximum absolute atomic E-state index is 5.96. The fourth-order valence-electron chi connectivity index (χ4n) is 1.28. The Morgan fingerprint density at radius 3 is 2.77 bits per heavy atom. The molecule has 70 valence electrons. The monoisotopic (exact) mass is 176 g/mol. The SMILES string of the molecule is CC(C)=CC(N)c1ncccc1C. The molecule has 0 fully saturated rings. The smallest absolute Gasteiger partial charge is 0.0661 e. The Bertz CT molecular complexity index is 312. The first-order chi connectivity index (χ1) is 6.11. The van der Waals surface area contributed by atoms with Gasteiger partial charge in [0.1, 0.15) is 0 Å². The molecule has 2 nitrogen and oxygen atoms in total. The van der Waals surface area contributed by atoms with Gasteiger partial charge >= 0.3 is 0 Å². The van der Waals surface area contributed by atoms with Crippen LogP contribution in [-0.2, 0) is 0 Å². The minimum Gasteiger partial charge on any atom is -0.319 e. The lowest BCUT2D eigenvalue weighted by Crippen LogP contribution is -2.11. The highest BCUT2D eigenvalue weighted by atomic mass is 14.8. The van der Waals surface area contributed by atoms with Crippen molar-refractivity contribution >= 4 is 0 Å². The second kappa shape index (κ2) is 4.19. The third-order valence-electron chi connectivity index (χ3n) is 1.88. The van der Waals surface area contributed by atoms with Crippen molar-refractivity contribution in [1.29, 1.82) is 0 Å². The van der Waals surface area contributed by atoms with Crippen molar-refractivity contribution < 1.29 is 0 Å². The summed E-state index contributed by atoms with van der Waals surface area (Å²) in [5.41, 5.74) is 9.29. The molecule has 1 heterocycles. The molecule has 1 atom stereocenters. The highest BCUT2D eigenvalue weighted by molar-refractivity contribution is 5.24. The molecule has 1 unspecified atom stereocenters. The number of aryl methyl sites for hydroxylation is 1. The Balaban J connectivity index is 2.95. The molecule has 0 saturated carbocycles. The van der Waals surface area contributed by atoms with Crippen LogP contribution in [0.2, 0.25) is 0 Å². The van der Waals surface area contributed by atoms with Crippen LogP contribution in [0.5, 0.6) is 0 Å². The molecule has 0 amide bonds. The van der Waals surface area contributed by atoms with E-state index in [4.69, 9.17) is 5.73 Å². The van der Waals surface area contributed by atoms with Gasteiger partial charge in [0.25, 0.3) is 0 Å². The normalized spacial score (nSPS) is 12.3. The van der Waals surface area contributed by atoms with Crippen LogP contribution in [0.4, 0.5) is 0 Å². The molecule has 0 bridgehead atoms. The zero-order chi connectivity index (χ0) is 9.84. The van der Waals surface area contributed by atoms with Crippen molar-refractivity contribution in [2.75, 3.05) is 0 Å². The molecular formula is C11H16N2. The van der Waals surface area contributed by atoms with E-state index in [0.717, 1.165) is 11.3 Å². The van der Waals surface area contributed by atoms with Gasteiger partial charge in [-0.2, -0.15) is 0 Å². The Labute approximate surface area is 79.5 Å². The average molecular weight is 176 g/mol. The molecule has 0 radical (unpaired) electrons. The van der Waals surface area contributed by atoms with Crippen LogP contribution in [0.3, 0.4) is 0 Å². The Kier molecular flexibility index (Phi) is 3.20. The first kappa shape index (κ1) is 9.93. The summed E-state index contributed by atoms with van der Waals surface area (Å²) in [6.45, 7) is 6.11. The molecule has 0 aromatic carbocycles. The molecule has 0 aliphatic rings. The van der Waals surface area contributed by atoms with Gasteiger partial charge < -0.3 is 5.73 Å². The van der Waals surface area contributed by atoms with Gasteiger partial charge in [0, 0.05) is 6.20 Å². The lowest BCUT2D eigenvalue weighted by atomic mass is 10.1. The summed E-state index contributed by atoms with van der Waals surface area (Å²) in [7, 11) is 0. The molecule has 2 heteroatoms. The van der Waals surface area contributed by atoms with E-state index >= 15 is 0 Å². The molecule has 1 aromatic rings. The lowest BCUT2D eigenvalue weighted by Gasteiger charge is -2.09. The quantitative estimate of drug-likeness (QED) is 0.702. The molecule has 1 aromatic heterocycles. The highest BCUT2D eigenvalue weighted by Crippen LogP contribution is 2.14. The van der Waals surface area contributed by atoms with E-state index in [0.29, 0.717) is 0 Å². The molecule has 13 heavy (non-hydrogen) atoms. The zero-order valence-corrected chi connectivity index (χ0v) is 8.41. The summed E-state index contributed by atoms with van der Waals surface area (Å²) in [5, 5.41) is 0. The van der Waals surface area contributed by atoms with Crippen LogP contribution >= 0.6 is 0 Å². The van der Waals surface area contributed by atoms with E-state index < -0.39 is 0 Å². The van der Waals surface area contributed by atoms with Gasteiger partial charge in [-0.15, -0.1) is 0 Å².